The lowest BCUT2D eigenvalue weighted by molar-refractivity contribution is -0.142. The first kappa shape index (κ1) is 23.3. The predicted molar refractivity (Wildman–Crippen MR) is 124 cm³/mol. The highest BCUT2D eigenvalue weighted by Gasteiger charge is 2.38. The van der Waals surface area contributed by atoms with Crippen LogP contribution in [0.3, 0.4) is 0 Å². The largest absolute Gasteiger partial charge is 0.433 e. The maximum absolute atomic E-state index is 13.8. The van der Waals surface area contributed by atoms with Crippen LogP contribution in [0.15, 0.2) is 53.7 Å². The number of amides is 1. The number of benzene rings is 2. The third kappa shape index (κ3) is 5.05. The van der Waals surface area contributed by atoms with Gasteiger partial charge in [0, 0.05) is 16.8 Å². The zero-order chi connectivity index (χ0) is 23.8. The molecule has 2 aromatic carbocycles. The molecule has 1 amide bonds. The number of hydrogen-bond acceptors (Lipinski definition) is 4. The summed E-state index contributed by atoms with van der Waals surface area (Å²) in [5, 5.41) is 2.81. The number of hydrogen-bond donors (Lipinski definition) is 1. The van der Waals surface area contributed by atoms with Gasteiger partial charge >= 0.3 is 6.18 Å². The third-order valence-electron chi connectivity index (χ3n) is 5.51. The van der Waals surface area contributed by atoms with Gasteiger partial charge in [-0.15, -0.1) is 0 Å². The quantitative estimate of drug-likeness (QED) is 0.359. The second-order valence-corrected chi connectivity index (χ2v) is 9.91. The van der Waals surface area contributed by atoms with Gasteiger partial charge in [-0.25, -0.2) is 9.97 Å². The van der Waals surface area contributed by atoms with Crippen LogP contribution in [0.4, 0.5) is 18.9 Å². The SMILES string of the molecule is CC(C)(C)c1ccccc1NC(=O)CSc1nc2c(c(C(F)(F)F)n1)CCc1ccccc1-2. The van der Waals surface area contributed by atoms with Gasteiger partial charge in [-0.3, -0.25) is 4.79 Å². The van der Waals surface area contributed by atoms with Gasteiger partial charge in [0.1, 0.15) is 0 Å². The molecule has 0 saturated carbocycles. The van der Waals surface area contributed by atoms with Crippen molar-refractivity contribution in [2.75, 3.05) is 11.1 Å². The van der Waals surface area contributed by atoms with Crippen LogP contribution in [-0.4, -0.2) is 21.6 Å². The molecule has 0 fully saturated rings. The highest BCUT2D eigenvalue weighted by molar-refractivity contribution is 7.99. The van der Waals surface area contributed by atoms with Gasteiger partial charge in [0.2, 0.25) is 5.91 Å². The minimum Gasteiger partial charge on any atom is -0.325 e. The Morgan fingerprint density at radius 1 is 1.00 bits per heavy atom. The van der Waals surface area contributed by atoms with Gasteiger partial charge < -0.3 is 5.32 Å². The van der Waals surface area contributed by atoms with Crippen molar-refractivity contribution in [3.05, 3.63) is 70.9 Å². The van der Waals surface area contributed by atoms with Gasteiger partial charge in [0.15, 0.2) is 10.9 Å². The fourth-order valence-electron chi connectivity index (χ4n) is 4.01. The zero-order valence-corrected chi connectivity index (χ0v) is 19.4. The molecule has 1 heterocycles. The number of para-hydroxylation sites is 1. The second kappa shape index (κ2) is 8.82. The Morgan fingerprint density at radius 3 is 2.42 bits per heavy atom. The number of carbonyl (C=O) groups is 1. The van der Waals surface area contributed by atoms with E-state index in [4.69, 9.17) is 0 Å². The summed E-state index contributed by atoms with van der Waals surface area (Å²) in [6.07, 6.45) is -3.85. The summed E-state index contributed by atoms with van der Waals surface area (Å²) in [6, 6.07) is 14.8. The van der Waals surface area contributed by atoms with Crippen LogP contribution in [0.1, 0.15) is 43.2 Å². The fraction of sp³-hybridized carbons (Fsp3) is 0.320. The summed E-state index contributed by atoms with van der Waals surface area (Å²) >= 11 is 0.905. The van der Waals surface area contributed by atoms with E-state index in [1.807, 2.05) is 57.2 Å². The smallest absolute Gasteiger partial charge is 0.325 e. The lowest BCUT2D eigenvalue weighted by Gasteiger charge is -2.23. The molecule has 172 valence electrons. The normalized spacial score (nSPS) is 13.3. The standard InChI is InChI=1S/C25H24F3N3OS/c1-24(2,3)18-10-6-7-11-19(18)29-20(32)14-33-23-30-21-16-9-5-4-8-15(16)12-13-17(21)22(31-23)25(26,27)28/h4-11H,12-14H2,1-3H3,(H,29,32). The summed E-state index contributed by atoms with van der Waals surface area (Å²) in [6.45, 7) is 6.14. The topological polar surface area (TPSA) is 54.9 Å². The van der Waals surface area contributed by atoms with Gasteiger partial charge in [-0.1, -0.05) is 75.0 Å². The average Bonchev–Trinajstić information content (AvgIpc) is 2.76. The molecule has 0 atom stereocenters. The first-order chi connectivity index (χ1) is 15.5. The minimum atomic E-state index is -4.59. The van der Waals surface area contributed by atoms with Gasteiger partial charge in [0.25, 0.3) is 0 Å². The van der Waals surface area contributed by atoms with E-state index >= 15 is 0 Å². The second-order valence-electron chi connectivity index (χ2n) is 8.97. The number of alkyl halides is 3. The van der Waals surface area contributed by atoms with Crippen molar-refractivity contribution in [1.82, 2.24) is 9.97 Å². The number of nitrogens with zero attached hydrogens (tertiary/aromatic N) is 2. The number of halogens is 3. The van der Waals surface area contributed by atoms with Crippen LogP contribution in [0.5, 0.6) is 0 Å². The molecule has 0 spiro atoms. The number of nitrogens with one attached hydrogen (secondary N) is 1. The Kier molecular flexibility index (Phi) is 6.22. The van der Waals surface area contributed by atoms with E-state index in [1.165, 1.54) is 0 Å². The summed E-state index contributed by atoms with van der Waals surface area (Å²) < 4.78 is 41.4. The van der Waals surface area contributed by atoms with E-state index in [0.717, 1.165) is 22.9 Å². The molecule has 1 aromatic heterocycles. The third-order valence-corrected chi connectivity index (χ3v) is 6.36. The van der Waals surface area contributed by atoms with Crippen LogP contribution >= 0.6 is 11.8 Å². The molecular weight excluding hydrogens is 447 g/mol. The molecule has 3 aromatic rings. The highest BCUT2D eigenvalue weighted by Crippen LogP contribution is 2.40. The zero-order valence-electron chi connectivity index (χ0n) is 18.6. The number of aryl methyl sites for hydroxylation is 1. The lowest BCUT2D eigenvalue weighted by atomic mass is 9.86. The molecule has 4 rings (SSSR count). The highest BCUT2D eigenvalue weighted by atomic mass is 32.2. The molecule has 4 nitrogen and oxygen atoms in total. The number of carbonyl (C=O) groups excluding carboxylic acids is 1. The van der Waals surface area contributed by atoms with E-state index in [-0.39, 0.29) is 34.2 Å². The molecular formula is C25H24F3N3OS. The molecule has 0 unspecified atom stereocenters. The summed E-state index contributed by atoms with van der Waals surface area (Å²) in [4.78, 5) is 20.9. The molecule has 1 aliphatic rings. The van der Waals surface area contributed by atoms with Crippen molar-refractivity contribution in [1.29, 1.82) is 0 Å². The van der Waals surface area contributed by atoms with Crippen LogP contribution in [0.2, 0.25) is 0 Å². The van der Waals surface area contributed by atoms with E-state index in [9.17, 15) is 18.0 Å². The predicted octanol–water partition coefficient (Wildman–Crippen LogP) is 6.29. The maximum Gasteiger partial charge on any atom is 0.433 e. The number of anilines is 1. The monoisotopic (exact) mass is 471 g/mol. The molecule has 0 aliphatic heterocycles. The van der Waals surface area contributed by atoms with Crippen molar-refractivity contribution in [3.63, 3.8) is 0 Å². The number of aromatic nitrogens is 2. The molecule has 1 N–H and O–H groups in total. The van der Waals surface area contributed by atoms with Gasteiger partial charge in [0.05, 0.1) is 11.4 Å². The summed E-state index contributed by atoms with van der Waals surface area (Å²) in [7, 11) is 0. The van der Waals surface area contributed by atoms with Crippen LogP contribution in [0, 0.1) is 0 Å². The van der Waals surface area contributed by atoms with Crippen LogP contribution in [0.25, 0.3) is 11.3 Å². The minimum absolute atomic E-state index is 0.0583. The Morgan fingerprint density at radius 2 is 1.70 bits per heavy atom. The molecule has 0 saturated heterocycles. The van der Waals surface area contributed by atoms with E-state index in [0.29, 0.717) is 23.4 Å². The van der Waals surface area contributed by atoms with Crippen molar-refractivity contribution < 1.29 is 18.0 Å². The number of thioether (sulfide) groups is 1. The van der Waals surface area contributed by atoms with Crippen molar-refractivity contribution in [3.8, 4) is 11.3 Å². The van der Waals surface area contributed by atoms with E-state index < -0.39 is 11.9 Å². The molecule has 0 radical (unpaired) electrons. The summed E-state index contributed by atoms with van der Waals surface area (Å²) in [5.74, 6) is -0.428. The van der Waals surface area contributed by atoms with Gasteiger partial charge in [-0.2, -0.15) is 13.2 Å². The first-order valence-corrected chi connectivity index (χ1v) is 11.6. The van der Waals surface area contributed by atoms with E-state index in [2.05, 4.69) is 15.3 Å². The molecule has 33 heavy (non-hydrogen) atoms. The Labute approximate surface area is 195 Å². The van der Waals surface area contributed by atoms with Crippen LogP contribution in [-0.2, 0) is 29.2 Å². The summed E-state index contributed by atoms with van der Waals surface area (Å²) in [5.41, 5.74) is 2.66. The molecule has 1 aliphatic carbocycles. The Hall–Kier alpha value is -2.87. The number of rotatable bonds is 4. The Balaban J connectivity index is 1.59. The van der Waals surface area contributed by atoms with Crippen LogP contribution < -0.4 is 5.32 Å². The lowest BCUT2D eigenvalue weighted by Crippen LogP contribution is -2.21. The molecule has 8 heteroatoms. The van der Waals surface area contributed by atoms with Gasteiger partial charge in [-0.05, 0) is 35.4 Å². The van der Waals surface area contributed by atoms with Crippen molar-refractivity contribution >= 4 is 23.4 Å². The average molecular weight is 472 g/mol. The van der Waals surface area contributed by atoms with E-state index in [1.54, 1.807) is 12.1 Å². The maximum atomic E-state index is 13.8. The van der Waals surface area contributed by atoms with Crippen molar-refractivity contribution in [2.24, 2.45) is 0 Å². The first-order valence-electron chi connectivity index (χ1n) is 10.6. The fourth-order valence-corrected chi connectivity index (χ4v) is 4.66. The number of fused-ring (bicyclic) bond motifs is 3. The molecule has 0 bridgehead atoms. The van der Waals surface area contributed by atoms with Crippen molar-refractivity contribution in [2.45, 2.75) is 50.4 Å². The Bertz CT molecular complexity index is 1200.